The van der Waals surface area contributed by atoms with Crippen LogP contribution >= 0.6 is 15.9 Å². The van der Waals surface area contributed by atoms with Crippen LogP contribution in [0.15, 0.2) is 46.9 Å². The van der Waals surface area contributed by atoms with E-state index in [1.165, 1.54) is 11.1 Å². The van der Waals surface area contributed by atoms with E-state index < -0.39 is 11.9 Å². The number of hydrogen-bond acceptors (Lipinski definition) is 4. The van der Waals surface area contributed by atoms with Gasteiger partial charge in [0.1, 0.15) is 5.75 Å². The number of aryl methyl sites for hydroxylation is 1. The first-order valence-electron chi connectivity index (χ1n) is 6.92. The Labute approximate surface area is 148 Å². The van der Waals surface area contributed by atoms with Crippen molar-refractivity contribution in [2.45, 2.75) is 13.5 Å². The Hall–Kier alpha value is -2.54. The van der Waals surface area contributed by atoms with Crippen LogP contribution in [0.3, 0.4) is 0 Å². The van der Waals surface area contributed by atoms with Crippen molar-refractivity contribution in [3.63, 3.8) is 0 Å². The van der Waals surface area contributed by atoms with E-state index in [2.05, 4.69) is 46.4 Å². The van der Waals surface area contributed by atoms with E-state index in [1.54, 1.807) is 7.11 Å². The normalized spacial score (nSPS) is 9.46. The van der Waals surface area contributed by atoms with Crippen LogP contribution in [0.5, 0.6) is 5.75 Å². The Morgan fingerprint density at radius 3 is 2.33 bits per heavy atom. The van der Waals surface area contributed by atoms with E-state index in [0.29, 0.717) is 0 Å². The summed E-state index contributed by atoms with van der Waals surface area (Å²) < 4.78 is 6.32. The third kappa shape index (κ3) is 6.70. The molecule has 0 spiro atoms. The lowest BCUT2D eigenvalue weighted by atomic mass is 10.1. The Bertz CT molecular complexity index is 706. The zero-order valence-electron chi connectivity index (χ0n) is 13.2. The largest absolute Gasteiger partial charge is 0.497 e. The molecule has 7 heteroatoms. The number of halogens is 1. The van der Waals surface area contributed by atoms with Crippen LogP contribution in [0.25, 0.3) is 0 Å². The van der Waals surface area contributed by atoms with E-state index >= 15 is 0 Å². The van der Waals surface area contributed by atoms with Gasteiger partial charge < -0.3 is 20.3 Å². The molecule has 0 bridgehead atoms. The Morgan fingerprint density at radius 2 is 1.79 bits per heavy atom. The molecule has 0 aliphatic rings. The quantitative estimate of drug-likeness (QED) is 0.685. The number of aliphatic carboxylic acids is 2. The highest BCUT2D eigenvalue weighted by molar-refractivity contribution is 9.10. The summed E-state index contributed by atoms with van der Waals surface area (Å²) in [6.07, 6.45) is 0. The summed E-state index contributed by atoms with van der Waals surface area (Å²) in [4.78, 5) is 18.2. The van der Waals surface area contributed by atoms with Gasteiger partial charge in [0.2, 0.25) is 0 Å². The first-order chi connectivity index (χ1) is 11.3. The van der Waals surface area contributed by atoms with Gasteiger partial charge in [0.05, 0.1) is 7.11 Å². The predicted molar refractivity (Wildman–Crippen MR) is 94.5 cm³/mol. The summed E-state index contributed by atoms with van der Waals surface area (Å²) in [6.45, 7) is 2.89. The fourth-order valence-electron chi connectivity index (χ4n) is 1.81. The summed E-state index contributed by atoms with van der Waals surface area (Å²) >= 11 is 3.47. The van der Waals surface area contributed by atoms with Crippen molar-refractivity contribution < 1.29 is 24.5 Å². The molecule has 0 heterocycles. The van der Waals surface area contributed by atoms with E-state index in [1.807, 2.05) is 24.3 Å². The molecule has 128 valence electrons. The standard InChI is InChI=1S/C15H16BrNO.C2H2O4/c1-11-8-13(16)6-7-15(11)17-10-12-4-3-5-14(9-12)18-2;3-1(4)2(5)6/h3-9,17H,10H2,1-2H3;(H,3,4)(H,5,6). The van der Waals surface area contributed by atoms with E-state index in [4.69, 9.17) is 24.5 Å². The third-order valence-electron chi connectivity index (χ3n) is 2.99. The number of benzene rings is 2. The van der Waals surface area contributed by atoms with Crippen LogP contribution in [-0.4, -0.2) is 29.3 Å². The van der Waals surface area contributed by atoms with Crippen LogP contribution in [0.1, 0.15) is 11.1 Å². The highest BCUT2D eigenvalue weighted by atomic mass is 79.9. The molecule has 0 atom stereocenters. The Kier molecular flexibility index (Phi) is 7.77. The van der Waals surface area contributed by atoms with Crippen molar-refractivity contribution in [2.24, 2.45) is 0 Å². The summed E-state index contributed by atoms with van der Waals surface area (Å²) in [7, 11) is 1.69. The number of anilines is 1. The van der Waals surface area contributed by atoms with Gasteiger partial charge >= 0.3 is 11.9 Å². The van der Waals surface area contributed by atoms with Crippen molar-refractivity contribution >= 4 is 33.6 Å². The highest BCUT2D eigenvalue weighted by Gasteiger charge is 2.04. The number of carbonyl (C=O) groups is 2. The number of hydrogen-bond donors (Lipinski definition) is 3. The molecule has 2 rings (SSSR count). The van der Waals surface area contributed by atoms with Crippen molar-refractivity contribution in [1.29, 1.82) is 0 Å². The smallest absolute Gasteiger partial charge is 0.414 e. The van der Waals surface area contributed by atoms with Crippen molar-refractivity contribution in [1.82, 2.24) is 0 Å². The second-order valence-electron chi connectivity index (χ2n) is 4.77. The van der Waals surface area contributed by atoms with E-state index in [9.17, 15) is 0 Å². The molecule has 0 saturated carbocycles. The molecular formula is C17H18BrNO5. The molecule has 0 aromatic heterocycles. The minimum absolute atomic E-state index is 0.791. The zero-order valence-corrected chi connectivity index (χ0v) is 14.8. The Balaban J connectivity index is 0.000000413. The molecule has 2 aromatic carbocycles. The molecule has 0 aliphatic carbocycles. The Morgan fingerprint density at radius 1 is 1.12 bits per heavy atom. The number of rotatable bonds is 4. The maximum Gasteiger partial charge on any atom is 0.414 e. The van der Waals surface area contributed by atoms with Crippen LogP contribution in [0, 0.1) is 6.92 Å². The van der Waals surface area contributed by atoms with Gasteiger partial charge in [-0.1, -0.05) is 28.1 Å². The fourth-order valence-corrected chi connectivity index (χ4v) is 2.28. The minimum Gasteiger partial charge on any atom is -0.497 e. The van der Waals surface area contributed by atoms with Gasteiger partial charge in [-0.25, -0.2) is 9.59 Å². The SMILES string of the molecule is COc1cccc(CNc2ccc(Br)cc2C)c1.O=C(O)C(=O)O. The molecule has 0 radical (unpaired) electrons. The van der Waals surface area contributed by atoms with Crippen molar-refractivity contribution in [3.8, 4) is 5.75 Å². The minimum atomic E-state index is -1.82. The van der Waals surface area contributed by atoms with Gasteiger partial charge in [-0.2, -0.15) is 0 Å². The molecule has 0 unspecified atom stereocenters. The van der Waals surface area contributed by atoms with Gasteiger partial charge in [-0.3, -0.25) is 0 Å². The number of carboxylic acid groups (broad SMARTS) is 2. The summed E-state index contributed by atoms with van der Waals surface area (Å²) in [5.41, 5.74) is 3.59. The van der Waals surface area contributed by atoms with Gasteiger partial charge in [-0.15, -0.1) is 0 Å². The van der Waals surface area contributed by atoms with Crippen molar-refractivity contribution in [2.75, 3.05) is 12.4 Å². The maximum absolute atomic E-state index is 9.10. The number of ether oxygens (including phenoxy) is 1. The molecular weight excluding hydrogens is 378 g/mol. The molecule has 2 aromatic rings. The van der Waals surface area contributed by atoms with Crippen LogP contribution in [-0.2, 0) is 16.1 Å². The fraction of sp³-hybridized carbons (Fsp3) is 0.176. The third-order valence-corrected chi connectivity index (χ3v) is 3.48. The number of methoxy groups -OCH3 is 1. The van der Waals surface area contributed by atoms with Gasteiger partial charge in [0.15, 0.2) is 0 Å². The van der Waals surface area contributed by atoms with Crippen LogP contribution < -0.4 is 10.1 Å². The zero-order chi connectivity index (χ0) is 18.1. The van der Waals surface area contributed by atoms with Gasteiger partial charge in [-0.05, 0) is 48.4 Å². The second-order valence-corrected chi connectivity index (χ2v) is 5.69. The average Bonchev–Trinajstić information content (AvgIpc) is 2.54. The van der Waals surface area contributed by atoms with E-state index in [0.717, 1.165) is 22.5 Å². The van der Waals surface area contributed by atoms with Crippen molar-refractivity contribution in [3.05, 3.63) is 58.1 Å². The summed E-state index contributed by atoms with van der Waals surface area (Å²) in [5, 5.41) is 18.2. The van der Waals surface area contributed by atoms with Crippen LogP contribution in [0.2, 0.25) is 0 Å². The number of carboxylic acids is 2. The maximum atomic E-state index is 9.10. The average molecular weight is 396 g/mol. The van der Waals surface area contributed by atoms with Gasteiger partial charge in [0, 0.05) is 16.7 Å². The lowest BCUT2D eigenvalue weighted by Gasteiger charge is -2.10. The second kappa shape index (κ2) is 9.57. The summed E-state index contributed by atoms with van der Waals surface area (Å²) in [6, 6.07) is 14.3. The van der Waals surface area contributed by atoms with Gasteiger partial charge in [0.25, 0.3) is 0 Å². The molecule has 0 aliphatic heterocycles. The van der Waals surface area contributed by atoms with E-state index in [-0.39, 0.29) is 0 Å². The molecule has 0 fully saturated rings. The topological polar surface area (TPSA) is 95.9 Å². The monoisotopic (exact) mass is 395 g/mol. The predicted octanol–water partition coefficient (Wildman–Crippen LogP) is 3.53. The first kappa shape index (κ1) is 19.5. The number of nitrogens with one attached hydrogen (secondary N) is 1. The highest BCUT2D eigenvalue weighted by Crippen LogP contribution is 2.21. The van der Waals surface area contributed by atoms with Crippen LogP contribution in [0.4, 0.5) is 5.69 Å². The lowest BCUT2D eigenvalue weighted by Crippen LogP contribution is -2.09. The molecule has 0 saturated heterocycles. The summed E-state index contributed by atoms with van der Waals surface area (Å²) in [5.74, 6) is -2.76. The lowest BCUT2D eigenvalue weighted by molar-refractivity contribution is -0.159. The first-order valence-corrected chi connectivity index (χ1v) is 7.72. The molecule has 0 amide bonds. The molecule has 6 nitrogen and oxygen atoms in total. The molecule has 24 heavy (non-hydrogen) atoms. The molecule has 3 N–H and O–H groups in total.